The first-order valence-corrected chi connectivity index (χ1v) is 18.7. The van der Waals surface area contributed by atoms with Gasteiger partial charge in [-0.15, -0.1) is 5.10 Å². The van der Waals surface area contributed by atoms with E-state index in [0.29, 0.717) is 43.2 Å². The van der Waals surface area contributed by atoms with Gasteiger partial charge in [0.15, 0.2) is 5.75 Å². The minimum absolute atomic E-state index is 0.00679. The topological polar surface area (TPSA) is 141 Å². The number of benzene rings is 1. The summed E-state index contributed by atoms with van der Waals surface area (Å²) in [7, 11) is -0.449. The third kappa shape index (κ3) is 7.97. The van der Waals surface area contributed by atoms with Crippen LogP contribution in [0.3, 0.4) is 0 Å². The van der Waals surface area contributed by atoms with Gasteiger partial charge in [-0.3, -0.25) is 4.79 Å². The zero-order valence-corrected chi connectivity index (χ0v) is 32.4. The van der Waals surface area contributed by atoms with Crippen molar-refractivity contribution < 1.29 is 42.6 Å². The Kier molecular flexibility index (Phi) is 10.2. The summed E-state index contributed by atoms with van der Waals surface area (Å²) in [5.74, 6) is 0.418. The SMILES string of the molecule is CCCc1cn(CC(=O)N2CC(Oc3ccc(CCB4O[C@@H]5C[C@@H]6C[C@@H](C6(C)C)[C@]5(C)O4)c(OC(=O)OC(C)(C)C)c3C(=O)OC(C)(C)C)C2)nn1. The van der Waals surface area contributed by atoms with Crippen molar-refractivity contribution in [3.8, 4) is 11.5 Å². The number of carbonyl (C=O) groups is 3. The maximum Gasteiger partial charge on any atom is 0.514 e. The molecule has 0 spiro atoms. The predicted octanol–water partition coefficient (Wildman–Crippen LogP) is 6.06. The van der Waals surface area contributed by atoms with Crippen molar-refractivity contribution >= 4 is 25.2 Å². The number of likely N-dealkylation sites (tertiary alicyclic amines) is 1. The standard InChI is InChI=1S/C38H55BN4O9/c1-11-12-25-19-43(41-40-25)22-30(44)42-20-26(21-42)47-27-14-13-23(15-16-39-51-29-18-24-17-28(37(24,8)9)38(29,10)52-39)32(48-34(46)50-36(5,6)7)31(27)33(45)49-35(2,3)4/h13-14,19,24,26,28-29H,11-12,15-18,20-22H2,1-10H3/t24-,28-,29+,38-/m0/s1. The molecule has 7 rings (SSSR count). The van der Waals surface area contributed by atoms with Gasteiger partial charge in [-0.1, -0.05) is 38.5 Å². The molecule has 5 aliphatic rings. The summed E-state index contributed by atoms with van der Waals surface area (Å²) in [6, 6.07) is 3.48. The molecule has 0 N–H and O–H groups in total. The van der Waals surface area contributed by atoms with Crippen LogP contribution in [-0.4, -0.2) is 87.1 Å². The predicted molar refractivity (Wildman–Crippen MR) is 192 cm³/mol. The molecular formula is C38H55BN4O9. The number of aryl methyl sites for hydroxylation is 2. The number of amides is 1. The highest BCUT2D eigenvalue weighted by Crippen LogP contribution is 2.65. The van der Waals surface area contributed by atoms with Gasteiger partial charge in [0, 0.05) is 6.20 Å². The smallest absolute Gasteiger partial charge is 0.486 e. The first-order valence-electron chi connectivity index (χ1n) is 18.7. The van der Waals surface area contributed by atoms with Gasteiger partial charge in [0.05, 0.1) is 30.5 Å². The van der Waals surface area contributed by atoms with Gasteiger partial charge >= 0.3 is 19.2 Å². The fourth-order valence-electron chi connectivity index (χ4n) is 8.17. The molecule has 5 fully saturated rings. The van der Waals surface area contributed by atoms with Crippen LogP contribution in [-0.2, 0) is 43.0 Å². The lowest BCUT2D eigenvalue weighted by Gasteiger charge is -2.64. The van der Waals surface area contributed by atoms with E-state index in [0.717, 1.165) is 31.4 Å². The molecule has 2 bridgehead atoms. The Bertz CT molecular complexity index is 1670. The number of esters is 1. The Morgan fingerprint density at radius 3 is 2.37 bits per heavy atom. The summed E-state index contributed by atoms with van der Waals surface area (Å²) >= 11 is 0. The van der Waals surface area contributed by atoms with E-state index < -0.39 is 36.5 Å². The summed E-state index contributed by atoms with van der Waals surface area (Å²) < 4.78 is 38.3. The molecule has 1 aromatic heterocycles. The Hall–Kier alpha value is -3.65. The van der Waals surface area contributed by atoms with Crippen LogP contribution in [0, 0.1) is 17.3 Å². The molecule has 2 aliphatic heterocycles. The van der Waals surface area contributed by atoms with E-state index in [1.165, 1.54) is 0 Å². The molecular weight excluding hydrogens is 667 g/mol. The van der Waals surface area contributed by atoms with Crippen molar-refractivity contribution in [1.29, 1.82) is 0 Å². The van der Waals surface area contributed by atoms with E-state index in [9.17, 15) is 14.4 Å². The molecule has 1 amide bonds. The zero-order chi connectivity index (χ0) is 37.8. The van der Waals surface area contributed by atoms with Crippen molar-refractivity contribution in [1.82, 2.24) is 19.9 Å². The number of hydrogen-bond donors (Lipinski definition) is 0. The van der Waals surface area contributed by atoms with Gasteiger partial charge in [0.25, 0.3) is 0 Å². The van der Waals surface area contributed by atoms with E-state index in [-0.39, 0.29) is 46.6 Å². The summed E-state index contributed by atoms with van der Waals surface area (Å²) in [6.07, 6.45) is 5.19. The maximum atomic E-state index is 13.9. The van der Waals surface area contributed by atoms with Gasteiger partial charge in [-0.05, 0) is 109 Å². The Morgan fingerprint density at radius 1 is 1.00 bits per heavy atom. The fraction of sp³-hybridized carbons (Fsp3) is 0.711. The Labute approximate surface area is 307 Å². The number of aromatic nitrogens is 3. The first-order chi connectivity index (χ1) is 24.3. The summed E-state index contributed by atoms with van der Waals surface area (Å²) in [4.78, 5) is 41.8. The van der Waals surface area contributed by atoms with E-state index in [1.807, 2.05) is 0 Å². The van der Waals surface area contributed by atoms with Crippen LogP contribution in [0.15, 0.2) is 18.3 Å². The van der Waals surface area contributed by atoms with Crippen LogP contribution in [0.1, 0.15) is 110 Å². The number of ether oxygens (including phenoxy) is 4. The highest BCUT2D eigenvalue weighted by Gasteiger charge is 2.67. The zero-order valence-electron chi connectivity index (χ0n) is 32.4. The van der Waals surface area contributed by atoms with Gasteiger partial charge in [0.2, 0.25) is 5.91 Å². The molecule has 52 heavy (non-hydrogen) atoms. The average Bonchev–Trinajstić information content (AvgIpc) is 3.58. The molecule has 1 aromatic carbocycles. The highest BCUT2D eigenvalue weighted by molar-refractivity contribution is 6.45. The minimum atomic E-state index is -0.958. The third-order valence-corrected chi connectivity index (χ3v) is 10.9. The molecule has 0 radical (unpaired) electrons. The highest BCUT2D eigenvalue weighted by atomic mass is 16.7. The number of rotatable bonds is 11. The quantitative estimate of drug-likeness (QED) is 0.152. The lowest BCUT2D eigenvalue weighted by atomic mass is 9.43. The molecule has 2 aromatic rings. The Balaban J connectivity index is 1.21. The normalized spacial score (nSPS) is 25.2. The average molecular weight is 723 g/mol. The van der Waals surface area contributed by atoms with Crippen molar-refractivity contribution in [2.45, 2.75) is 143 Å². The van der Waals surface area contributed by atoms with Crippen LogP contribution in [0.5, 0.6) is 11.5 Å². The van der Waals surface area contributed by atoms with Crippen molar-refractivity contribution in [2.75, 3.05) is 13.1 Å². The van der Waals surface area contributed by atoms with Gasteiger partial charge in [-0.25, -0.2) is 14.3 Å². The molecule has 3 saturated carbocycles. The molecule has 14 heteroatoms. The summed E-state index contributed by atoms with van der Waals surface area (Å²) in [5.41, 5.74) is -0.424. The molecule has 3 aliphatic carbocycles. The van der Waals surface area contributed by atoms with E-state index in [2.05, 4.69) is 38.0 Å². The van der Waals surface area contributed by atoms with Crippen molar-refractivity contribution in [2.24, 2.45) is 17.3 Å². The fourth-order valence-corrected chi connectivity index (χ4v) is 8.17. The second-order valence-corrected chi connectivity index (χ2v) is 17.6. The van der Waals surface area contributed by atoms with Crippen molar-refractivity contribution in [3.05, 3.63) is 35.2 Å². The van der Waals surface area contributed by atoms with Crippen LogP contribution in [0.25, 0.3) is 0 Å². The first kappa shape index (κ1) is 38.1. The second kappa shape index (κ2) is 14.0. The molecule has 13 nitrogen and oxygen atoms in total. The van der Waals surface area contributed by atoms with Crippen LogP contribution in [0.4, 0.5) is 4.79 Å². The molecule has 4 atom stereocenters. The third-order valence-electron chi connectivity index (χ3n) is 10.9. The number of carbonyl (C=O) groups excluding carboxylic acids is 3. The maximum absolute atomic E-state index is 13.9. The second-order valence-electron chi connectivity index (χ2n) is 17.6. The van der Waals surface area contributed by atoms with Gasteiger partial charge in [-0.2, -0.15) is 0 Å². The summed E-state index contributed by atoms with van der Waals surface area (Å²) in [6.45, 7) is 20.1. The largest absolute Gasteiger partial charge is 0.514 e. The lowest BCUT2D eigenvalue weighted by Crippen LogP contribution is -2.65. The lowest BCUT2D eigenvalue weighted by molar-refractivity contribution is -0.199. The molecule has 2 saturated heterocycles. The van der Waals surface area contributed by atoms with E-state index >= 15 is 0 Å². The summed E-state index contributed by atoms with van der Waals surface area (Å²) in [5, 5.41) is 8.19. The van der Waals surface area contributed by atoms with Crippen molar-refractivity contribution in [3.63, 3.8) is 0 Å². The van der Waals surface area contributed by atoms with E-state index in [4.69, 9.17) is 28.3 Å². The van der Waals surface area contributed by atoms with Crippen LogP contribution < -0.4 is 9.47 Å². The number of nitrogens with zero attached hydrogens (tertiary/aromatic N) is 4. The van der Waals surface area contributed by atoms with Gasteiger partial charge in [0.1, 0.15) is 35.2 Å². The molecule has 3 heterocycles. The van der Waals surface area contributed by atoms with Crippen LogP contribution in [0.2, 0.25) is 6.32 Å². The Morgan fingerprint density at radius 2 is 1.71 bits per heavy atom. The monoisotopic (exact) mass is 722 g/mol. The van der Waals surface area contributed by atoms with Gasteiger partial charge < -0.3 is 33.2 Å². The molecule has 284 valence electrons. The van der Waals surface area contributed by atoms with Crippen LogP contribution >= 0.6 is 0 Å². The number of hydrogen-bond acceptors (Lipinski definition) is 11. The van der Waals surface area contributed by atoms with E-state index in [1.54, 1.807) is 69.5 Å². The molecule has 0 unspecified atom stereocenters. The minimum Gasteiger partial charge on any atom is -0.486 e.